The lowest BCUT2D eigenvalue weighted by Gasteiger charge is -2.11. The van der Waals surface area contributed by atoms with Crippen LogP contribution in [0.25, 0.3) is 6.08 Å². The van der Waals surface area contributed by atoms with E-state index in [0.29, 0.717) is 34.4 Å². The fourth-order valence-corrected chi connectivity index (χ4v) is 2.70. The van der Waals surface area contributed by atoms with Crippen molar-refractivity contribution in [2.75, 3.05) is 19.2 Å². The van der Waals surface area contributed by atoms with E-state index < -0.39 is 5.91 Å². The van der Waals surface area contributed by atoms with Gasteiger partial charge in [-0.05, 0) is 41.8 Å². The molecule has 1 aliphatic heterocycles. The topological polar surface area (TPSA) is 80.6 Å². The maximum Gasteiger partial charge on any atom is 0.266 e. The molecule has 1 N–H and O–H groups in total. The van der Waals surface area contributed by atoms with Crippen LogP contribution in [0, 0.1) is 11.3 Å². The Bertz CT molecular complexity index is 942. The lowest BCUT2D eigenvalue weighted by Crippen LogP contribution is -2.13. The molecule has 27 heavy (non-hydrogen) atoms. The third-order valence-corrected chi connectivity index (χ3v) is 4.22. The number of methoxy groups -OCH3 is 1. The van der Waals surface area contributed by atoms with Crippen LogP contribution in [0.1, 0.15) is 30.9 Å². The zero-order chi connectivity index (χ0) is 19.4. The van der Waals surface area contributed by atoms with E-state index in [0.717, 1.165) is 5.56 Å². The predicted octanol–water partition coefficient (Wildman–Crippen LogP) is 4.09. The molecule has 1 heterocycles. The van der Waals surface area contributed by atoms with Crippen LogP contribution in [0.5, 0.6) is 17.2 Å². The van der Waals surface area contributed by atoms with Gasteiger partial charge in [-0.1, -0.05) is 19.9 Å². The number of anilines is 1. The molecular weight excluding hydrogens is 344 g/mol. The van der Waals surface area contributed by atoms with Crippen molar-refractivity contribution in [1.29, 1.82) is 5.26 Å². The van der Waals surface area contributed by atoms with Gasteiger partial charge in [-0.25, -0.2) is 0 Å². The van der Waals surface area contributed by atoms with Gasteiger partial charge >= 0.3 is 0 Å². The van der Waals surface area contributed by atoms with Crippen molar-refractivity contribution in [3.05, 3.63) is 53.1 Å². The second-order valence-corrected chi connectivity index (χ2v) is 6.35. The zero-order valence-corrected chi connectivity index (χ0v) is 15.4. The van der Waals surface area contributed by atoms with Gasteiger partial charge < -0.3 is 19.5 Å². The molecule has 6 heteroatoms. The Labute approximate surface area is 158 Å². The molecule has 0 spiro atoms. The van der Waals surface area contributed by atoms with E-state index in [1.165, 1.54) is 6.08 Å². The lowest BCUT2D eigenvalue weighted by molar-refractivity contribution is -0.112. The highest BCUT2D eigenvalue weighted by Gasteiger charge is 2.16. The molecule has 0 fully saturated rings. The second kappa shape index (κ2) is 7.83. The summed E-state index contributed by atoms with van der Waals surface area (Å²) in [5.41, 5.74) is 2.27. The molecule has 1 aliphatic rings. The predicted molar refractivity (Wildman–Crippen MR) is 102 cm³/mol. The summed E-state index contributed by atoms with van der Waals surface area (Å²) in [6.45, 7) is 4.31. The number of hydrogen-bond acceptors (Lipinski definition) is 5. The highest BCUT2D eigenvalue weighted by molar-refractivity contribution is 6.10. The van der Waals surface area contributed by atoms with Gasteiger partial charge in [0.25, 0.3) is 5.91 Å². The molecule has 2 aromatic carbocycles. The molecule has 0 unspecified atom stereocenters. The van der Waals surface area contributed by atoms with Crippen LogP contribution in [0.3, 0.4) is 0 Å². The summed E-state index contributed by atoms with van der Waals surface area (Å²) >= 11 is 0. The third-order valence-electron chi connectivity index (χ3n) is 4.22. The van der Waals surface area contributed by atoms with E-state index >= 15 is 0 Å². The normalized spacial score (nSPS) is 12.6. The summed E-state index contributed by atoms with van der Waals surface area (Å²) in [6, 6.07) is 12.8. The molecular formula is C21H20N2O4. The Morgan fingerprint density at radius 1 is 1.22 bits per heavy atom. The van der Waals surface area contributed by atoms with Crippen LogP contribution in [-0.4, -0.2) is 19.8 Å². The van der Waals surface area contributed by atoms with Gasteiger partial charge in [-0.15, -0.1) is 0 Å². The van der Waals surface area contributed by atoms with E-state index in [1.807, 2.05) is 24.3 Å². The number of fused-ring (bicyclic) bond motifs is 1. The summed E-state index contributed by atoms with van der Waals surface area (Å²) in [5, 5.41) is 12.2. The first kappa shape index (κ1) is 18.3. The van der Waals surface area contributed by atoms with Crippen LogP contribution in [-0.2, 0) is 4.79 Å². The average Bonchev–Trinajstić information content (AvgIpc) is 3.13. The first-order valence-electron chi connectivity index (χ1n) is 8.52. The van der Waals surface area contributed by atoms with Gasteiger partial charge in [0.1, 0.15) is 17.4 Å². The van der Waals surface area contributed by atoms with Crippen LogP contribution >= 0.6 is 0 Å². The summed E-state index contributed by atoms with van der Waals surface area (Å²) in [6.07, 6.45) is 1.53. The SMILES string of the molecule is COc1ccc(C(C)C)cc1/C=C(\C#N)C(=O)Nc1ccc2c(c1)OCO2. The molecule has 138 valence electrons. The summed E-state index contributed by atoms with van der Waals surface area (Å²) in [5.74, 6) is 1.59. The number of benzene rings is 2. The molecule has 0 aliphatic carbocycles. The van der Waals surface area contributed by atoms with E-state index in [-0.39, 0.29) is 12.4 Å². The van der Waals surface area contributed by atoms with Crippen molar-refractivity contribution in [2.45, 2.75) is 19.8 Å². The molecule has 0 saturated carbocycles. The first-order valence-corrected chi connectivity index (χ1v) is 8.52. The number of amides is 1. The van der Waals surface area contributed by atoms with Gasteiger partial charge in [0.05, 0.1) is 7.11 Å². The zero-order valence-electron chi connectivity index (χ0n) is 15.4. The Hall–Kier alpha value is -3.46. The molecule has 1 amide bonds. The number of carbonyl (C=O) groups is 1. The standard InChI is InChI=1S/C21H20N2O4/c1-13(2)14-4-6-18(25-3)15(8-14)9-16(11-22)21(24)23-17-5-7-19-20(10-17)27-12-26-19/h4-10,13H,12H2,1-3H3,(H,23,24)/b16-9+. The number of carbonyl (C=O) groups excluding carboxylic acids is 1. The fraction of sp³-hybridized carbons (Fsp3) is 0.238. The smallest absolute Gasteiger partial charge is 0.266 e. The van der Waals surface area contributed by atoms with E-state index in [9.17, 15) is 10.1 Å². The summed E-state index contributed by atoms with van der Waals surface area (Å²) < 4.78 is 15.9. The Kier molecular flexibility index (Phi) is 5.32. The van der Waals surface area contributed by atoms with Crippen LogP contribution in [0.4, 0.5) is 5.69 Å². The van der Waals surface area contributed by atoms with Crippen LogP contribution < -0.4 is 19.5 Å². The largest absolute Gasteiger partial charge is 0.496 e. The van der Waals surface area contributed by atoms with Crippen LogP contribution in [0.15, 0.2) is 42.0 Å². The summed E-state index contributed by atoms with van der Waals surface area (Å²) in [4.78, 5) is 12.6. The molecule has 0 aromatic heterocycles. The first-order chi connectivity index (χ1) is 13.0. The minimum atomic E-state index is -0.506. The van der Waals surface area contributed by atoms with Gasteiger partial charge in [0.15, 0.2) is 11.5 Å². The van der Waals surface area contributed by atoms with E-state index in [1.54, 1.807) is 25.3 Å². The third kappa shape index (κ3) is 4.04. The van der Waals surface area contributed by atoms with Gasteiger partial charge in [0, 0.05) is 17.3 Å². The van der Waals surface area contributed by atoms with Crippen molar-refractivity contribution < 1.29 is 19.0 Å². The quantitative estimate of drug-likeness (QED) is 0.638. The monoisotopic (exact) mass is 364 g/mol. The van der Waals surface area contributed by atoms with Crippen LogP contribution in [0.2, 0.25) is 0 Å². The van der Waals surface area contributed by atoms with Crippen molar-refractivity contribution >= 4 is 17.7 Å². The molecule has 0 atom stereocenters. The van der Waals surface area contributed by atoms with E-state index in [4.69, 9.17) is 14.2 Å². The van der Waals surface area contributed by atoms with Crippen molar-refractivity contribution in [3.8, 4) is 23.3 Å². The highest BCUT2D eigenvalue weighted by atomic mass is 16.7. The second-order valence-electron chi connectivity index (χ2n) is 6.35. The van der Waals surface area contributed by atoms with Gasteiger partial charge in [-0.3, -0.25) is 4.79 Å². The Balaban J connectivity index is 1.87. The average molecular weight is 364 g/mol. The number of ether oxygens (including phenoxy) is 3. The number of hydrogen-bond donors (Lipinski definition) is 1. The number of rotatable bonds is 5. The molecule has 0 saturated heterocycles. The minimum absolute atomic E-state index is 0.0214. The molecule has 0 radical (unpaired) electrons. The van der Waals surface area contributed by atoms with Gasteiger partial charge in [0.2, 0.25) is 6.79 Å². The highest BCUT2D eigenvalue weighted by Crippen LogP contribution is 2.34. The lowest BCUT2D eigenvalue weighted by atomic mass is 9.99. The number of nitrogens with zero attached hydrogens (tertiary/aromatic N) is 1. The number of nitrogens with one attached hydrogen (secondary N) is 1. The maximum atomic E-state index is 12.6. The fourth-order valence-electron chi connectivity index (χ4n) is 2.70. The summed E-state index contributed by atoms with van der Waals surface area (Å²) in [7, 11) is 1.56. The molecule has 3 rings (SSSR count). The van der Waals surface area contributed by atoms with Crippen molar-refractivity contribution in [2.24, 2.45) is 0 Å². The Morgan fingerprint density at radius 2 is 2.00 bits per heavy atom. The van der Waals surface area contributed by atoms with E-state index in [2.05, 4.69) is 19.2 Å². The van der Waals surface area contributed by atoms with Gasteiger partial charge in [-0.2, -0.15) is 5.26 Å². The maximum absolute atomic E-state index is 12.6. The number of nitriles is 1. The molecule has 6 nitrogen and oxygen atoms in total. The Morgan fingerprint density at radius 3 is 2.70 bits per heavy atom. The molecule has 0 bridgehead atoms. The molecule has 2 aromatic rings. The van der Waals surface area contributed by atoms with Crippen molar-refractivity contribution in [1.82, 2.24) is 0 Å². The van der Waals surface area contributed by atoms with Crippen molar-refractivity contribution in [3.63, 3.8) is 0 Å². The minimum Gasteiger partial charge on any atom is -0.496 e.